The van der Waals surface area contributed by atoms with E-state index in [9.17, 15) is 4.79 Å². The Morgan fingerprint density at radius 1 is 1.41 bits per heavy atom. The van der Waals surface area contributed by atoms with Crippen molar-refractivity contribution in [3.8, 4) is 0 Å². The first-order valence-corrected chi connectivity index (χ1v) is 9.00. The molecule has 1 aliphatic heterocycles. The molecule has 1 atom stereocenters. The summed E-state index contributed by atoms with van der Waals surface area (Å²) in [4.78, 5) is 18.7. The quantitative estimate of drug-likeness (QED) is 0.794. The second kappa shape index (κ2) is 7.35. The zero-order chi connectivity index (χ0) is 15.4. The average molecular weight is 381 g/mol. The molecule has 1 fully saturated rings. The Morgan fingerprint density at radius 3 is 2.86 bits per heavy atom. The SMILES string of the molecule is O=C(Cc1cscn1)N(CC1CCCO1)c1ccc(Br)cc1. The van der Waals surface area contributed by atoms with E-state index in [2.05, 4.69) is 20.9 Å². The number of carbonyl (C=O) groups excluding carboxylic acids is 1. The van der Waals surface area contributed by atoms with Crippen molar-refractivity contribution in [1.29, 1.82) is 0 Å². The molecule has 6 heteroatoms. The summed E-state index contributed by atoms with van der Waals surface area (Å²) in [6.45, 7) is 1.39. The van der Waals surface area contributed by atoms with Crippen molar-refractivity contribution in [3.63, 3.8) is 0 Å². The molecule has 0 saturated carbocycles. The second-order valence-corrected chi connectivity index (χ2v) is 6.91. The number of hydrogen-bond acceptors (Lipinski definition) is 4. The van der Waals surface area contributed by atoms with E-state index in [4.69, 9.17) is 4.74 Å². The number of benzene rings is 1. The first-order valence-electron chi connectivity index (χ1n) is 7.27. The Hall–Kier alpha value is -1.24. The zero-order valence-corrected chi connectivity index (χ0v) is 14.5. The van der Waals surface area contributed by atoms with Gasteiger partial charge in [-0.05, 0) is 37.1 Å². The monoisotopic (exact) mass is 380 g/mol. The van der Waals surface area contributed by atoms with Gasteiger partial charge in [0.25, 0.3) is 0 Å². The average Bonchev–Trinajstić information content (AvgIpc) is 3.19. The fourth-order valence-corrected chi connectivity index (χ4v) is 3.36. The van der Waals surface area contributed by atoms with Crippen molar-refractivity contribution in [3.05, 3.63) is 45.3 Å². The molecule has 2 aromatic rings. The minimum Gasteiger partial charge on any atom is -0.376 e. The summed E-state index contributed by atoms with van der Waals surface area (Å²) in [5, 5.41) is 1.92. The molecule has 0 spiro atoms. The van der Waals surface area contributed by atoms with Gasteiger partial charge in [-0.15, -0.1) is 11.3 Å². The standard InChI is InChI=1S/C16H17BrN2O2S/c17-12-3-5-14(6-4-12)19(9-15-2-1-7-21-15)16(20)8-13-10-22-11-18-13/h3-6,10-11,15H,1-2,7-9H2. The number of hydrogen-bond donors (Lipinski definition) is 0. The lowest BCUT2D eigenvalue weighted by Gasteiger charge is -2.25. The molecular formula is C16H17BrN2O2S. The molecule has 0 bridgehead atoms. The Morgan fingerprint density at radius 2 is 2.23 bits per heavy atom. The van der Waals surface area contributed by atoms with Gasteiger partial charge in [0, 0.05) is 22.1 Å². The summed E-state index contributed by atoms with van der Waals surface area (Å²) < 4.78 is 6.70. The first kappa shape index (κ1) is 15.6. The molecule has 0 N–H and O–H groups in total. The van der Waals surface area contributed by atoms with Crippen LogP contribution in [0.25, 0.3) is 0 Å². The van der Waals surface area contributed by atoms with Gasteiger partial charge in [0.2, 0.25) is 5.91 Å². The highest BCUT2D eigenvalue weighted by Crippen LogP contribution is 2.22. The predicted molar refractivity (Wildman–Crippen MR) is 91.3 cm³/mol. The molecule has 1 aromatic carbocycles. The van der Waals surface area contributed by atoms with Crippen molar-refractivity contribution < 1.29 is 9.53 Å². The first-order chi connectivity index (χ1) is 10.7. The minimum absolute atomic E-state index is 0.0590. The zero-order valence-electron chi connectivity index (χ0n) is 12.1. The summed E-state index contributed by atoms with van der Waals surface area (Å²) in [5.74, 6) is 0.0590. The highest BCUT2D eigenvalue weighted by Gasteiger charge is 2.24. The highest BCUT2D eigenvalue weighted by atomic mass is 79.9. The van der Waals surface area contributed by atoms with E-state index < -0.39 is 0 Å². The van der Waals surface area contributed by atoms with E-state index in [1.807, 2.05) is 34.5 Å². The third kappa shape index (κ3) is 3.94. The number of nitrogens with zero attached hydrogens (tertiary/aromatic N) is 2. The summed E-state index contributed by atoms with van der Waals surface area (Å²) in [7, 11) is 0. The van der Waals surface area contributed by atoms with Crippen LogP contribution in [0.1, 0.15) is 18.5 Å². The number of carbonyl (C=O) groups is 1. The summed E-state index contributed by atoms with van der Waals surface area (Å²) in [6.07, 6.45) is 2.53. The lowest BCUT2D eigenvalue weighted by molar-refractivity contribution is -0.118. The maximum Gasteiger partial charge on any atom is 0.233 e. The predicted octanol–water partition coefficient (Wildman–Crippen LogP) is 3.66. The highest BCUT2D eigenvalue weighted by molar-refractivity contribution is 9.10. The lowest BCUT2D eigenvalue weighted by Crippen LogP contribution is -2.38. The number of halogens is 1. The third-order valence-corrected chi connectivity index (χ3v) is 4.83. The number of amides is 1. The van der Waals surface area contributed by atoms with Gasteiger partial charge in [-0.2, -0.15) is 0 Å². The van der Waals surface area contributed by atoms with Gasteiger partial charge in [0.15, 0.2) is 0 Å². The summed E-state index contributed by atoms with van der Waals surface area (Å²) in [5.41, 5.74) is 3.48. The van der Waals surface area contributed by atoms with Crippen LogP contribution in [-0.4, -0.2) is 30.1 Å². The molecule has 1 unspecified atom stereocenters. The Balaban J connectivity index is 1.77. The van der Waals surface area contributed by atoms with Crippen molar-refractivity contribution in [1.82, 2.24) is 4.98 Å². The Kier molecular flexibility index (Phi) is 5.23. The molecule has 22 heavy (non-hydrogen) atoms. The van der Waals surface area contributed by atoms with Crippen molar-refractivity contribution in [2.45, 2.75) is 25.4 Å². The van der Waals surface area contributed by atoms with Gasteiger partial charge in [0.1, 0.15) is 0 Å². The van der Waals surface area contributed by atoms with Gasteiger partial charge >= 0.3 is 0 Å². The van der Waals surface area contributed by atoms with Crippen LogP contribution in [0.3, 0.4) is 0 Å². The van der Waals surface area contributed by atoms with Crippen LogP contribution in [0.5, 0.6) is 0 Å². The molecule has 0 radical (unpaired) electrons. The largest absolute Gasteiger partial charge is 0.376 e. The van der Waals surface area contributed by atoms with Crippen LogP contribution in [0.4, 0.5) is 5.69 Å². The van der Waals surface area contributed by atoms with Crippen molar-refractivity contribution in [2.75, 3.05) is 18.1 Å². The molecule has 3 rings (SSSR count). The van der Waals surface area contributed by atoms with E-state index in [-0.39, 0.29) is 12.0 Å². The molecule has 1 saturated heterocycles. The molecular weight excluding hydrogens is 364 g/mol. The van der Waals surface area contributed by atoms with Crippen LogP contribution >= 0.6 is 27.3 Å². The van der Waals surface area contributed by atoms with E-state index >= 15 is 0 Å². The molecule has 1 amide bonds. The molecule has 1 aromatic heterocycles. The maximum absolute atomic E-state index is 12.7. The smallest absolute Gasteiger partial charge is 0.233 e. The van der Waals surface area contributed by atoms with Crippen molar-refractivity contribution >= 4 is 38.9 Å². The topological polar surface area (TPSA) is 42.4 Å². The van der Waals surface area contributed by atoms with E-state index in [0.29, 0.717) is 13.0 Å². The van der Waals surface area contributed by atoms with Crippen LogP contribution in [0, 0.1) is 0 Å². The third-order valence-electron chi connectivity index (χ3n) is 3.67. The fourth-order valence-electron chi connectivity index (χ4n) is 2.54. The van der Waals surface area contributed by atoms with E-state index in [0.717, 1.165) is 35.3 Å². The lowest BCUT2D eigenvalue weighted by atomic mass is 10.2. The van der Waals surface area contributed by atoms with Gasteiger partial charge in [0.05, 0.1) is 30.3 Å². The Labute approximate surface area is 142 Å². The number of aromatic nitrogens is 1. The van der Waals surface area contributed by atoms with E-state index in [1.165, 1.54) is 11.3 Å². The van der Waals surface area contributed by atoms with Crippen molar-refractivity contribution in [2.24, 2.45) is 0 Å². The normalized spacial score (nSPS) is 17.6. The van der Waals surface area contributed by atoms with Crippen LogP contribution in [0.15, 0.2) is 39.6 Å². The number of thiazole rings is 1. The molecule has 4 nitrogen and oxygen atoms in total. The molecule has 116 valence electrons. The molecule has 2 heterocycles. The van der Waals surface area contributed by atoms with Crippen LogP contribution in [-0.2, 0) is 16.0 Å². The number of ether oxygens (including phenoxy) is 1. The molecule has 0 aliphatic carbocycles. The Bertz CT molecular complexity index is 610. The number of rotatable bonds is 5. The van der Waals surface area contributed by atoms with Gasteiger partial charge < -0.3 is 9.64 Å². The van der Waals surface area contributed by atoms with Crippen LogP contribution < -0.4 is 4.90 Å². The van der Waals surface area contributed by atoms with Gasteiger partial charge in [-0.1, -0.05) is 15.9 Å². The molecule has 1 aliphatic rings. The van der Waals surface area contributed by atoms with Gasteiger partial charge in [-0.3, -0.25) is 4.79 Å². The minimum atomic E-state index is 0.0590. The van der Waals surface area contributed by atoms with Gasteiger partial charge in [-0.25, -0.2) is 4.98 Å². The second-order valence-electron chi connectivity index (χ2n) is 5.27. The van der Waals surface area contributed by atoms with E-state index in [1.54, 1.807) is 5.51 Å². The maximum atomic E-state index is 12.7. The number of anilines is 1. The summed E-state index contributed by atoms with van der Waals surface area (Å²) >= 11 is 4.94. The summed E-state index contributed by atoms with van der Waals surface area (Å²) in [6, 6.07) is 7.82. The fraction of sp³-hybridized carbons (Fsp3) is 0.375. The van der Waals surface area contributed by atoms with Crippen LogP contribution in [0.2, 0.25) is 0 Å².